The number of rotatable bonds is 0. The Balaban J connectivity index is 0. The van der Waals surface area contributed by atoms with Gasteiger partial charge in [0.1, 0.15) is 0 Å². The minimum Gasteiger partial charge on any atom is -0.907 e. The van der Waals surface area contributed by atoms with Crippen LogP contribution in [0.15, 0.2) is 0 Å². The molecule has 0 spiro atoms. The molecule has 24 valence electrons. The first kappa shape index (κ1) is 9.11. The van der Waals surface area contributed by atoms with E-state index in [-0.39, 0.29) is 18.9 Å². The van der Waals surface area contributed by atoms with E-state index in [2.05, 4.69) is 0 Å². The standard InChI is InChI=1S/BO3.Li/c2-1(3)4;/q-3;+1. The predicted octanol–water partition coefficient (Wildman–Crippen LogP) is -6.94. The van der Waals surface area contributed by atoms with Crippen molar-refractivity contribution in [2.24, 2.45) is 0 Å². The van der Waals surface area contributed by atoms with E-state index in [0.29, 0.717) is 0 Å². The van der Waals surface area contributed by atoms with E-state index in [1.54, 1.807) is 0 Å². The van der Waals surface area contributed by atoms with Crippen LogP contribution in [0.2, 0.25) is 0 Å². The van der Waals surface area contributed by atoms with E-state index in [1.165, 1.54) is 0 Å². The molecule has 0 fully saturated rings. The average Bonchev–Trinajstić information content (AvgIpc) is 0.811. The van der Waals surface area contributed by atoms with Gasteiger partial charge in [0.25, 0.3) is 0 Å². The van der Waals surface area contributed by atoms with Gasteiger partial charge in [-0.1, -0.05) is 0 Å². The molecule has 0 heterocycles. The summed E-state index contributed by atoms with van der Waals surface area (Å²) in [6.07, 6.45) is 0. The number of hydrogen-bond acceptors (Lipinski definition) is 3. The smallest absolute Gasteiger partial charge is 0.907 e. The van der Waals surface area contributed by atoms with E-state index >= 15 is 0 Å². The molecule has 5 heavy (non-hydrogen) atoms. The Bertz CT molecular complexity index is 11.6. The summed E-state index contributed by atoms with van der Waals surface area (Å²) < 4.78 is 0. The molecule has 0 amide bonds. The summed E-state index contributed by atoms with van der Waals surface area (Å²) in [6, 6.07) is 0. The third-order valence-corrected chi connectivity index (χ3v) is 0. The Labute approximate surface area is 42.0 Å². The van der Waals surface area contributed by atoms with Crippen LogP contribution in [0.4, 0.5) is 0 Å². The first-order valence-electron chi connectivity index (χ1n) is 0.707. The normalized spacial score (nSPS) is 5.40. The Kier molecular flexibility index (Phi) is 8.28. The Morgan fingerprint density at radius 1 is 1.00 bits per heavy atom. The van der Waals surface area contributed by atoms with Gasteiger partial charge in [-0.2, -0.15) is 0 Å². The zero-order chi connectivity index (χ0) is 3.58. The van der Waals surface area contributed by atoms with Crippen LogP contribution in [0.3, 0.4) is 0 Å². The molecule has 0 aromatic carbocycles. The molecular formula is BLiO3-2. The van der Waals surface area contributed by atoms with Gasteiger partial charge < -0.3 is 15.1 Å². The summed E-state index contributed by atoms with van der Waals surface area (Å²) in [5.74, 6) is 0. The topological polar surface area (TPSA) is 69.2 Å². The monoisotopic (exact) mass is 66.0 g/mol. The van der Waals surface area contributed by atoms with Crippen LogP contribution in [0.5, 0.6) is 0 Å². The fraction of sp³-hybridized carbons (Fsp3) is 0. The van der Waals surface area contributed by atoms with Gasteiger partial charge in [0.05, 0.1) is 0 Å². The Morgan fingerprint density at radius 3 is 1.00 bits per heavy atom. The minimum absolute atomic E-state index is 0. The van der Waals surface area contributed by atoms with E-state index in [1.807, 2.05) is 0 Å². The fourth-order valence-corrected chi connectivity index (χ4v) is 0. The molecule has 0 radical (unpaired) electrons. The molecule has 0 saturated heterocycles. The van der Waals surface area contributed by atoms with Crippen LogP contribution in [0.1, 0.15) is 0 Å². The van der Waals surface area contributed by atoms with E-state index in [4.69, 9.17) is 15.1 Å². The summed E-state index contributed by atoms with van der Waals surface area (Å²) in [6.45, 7) is 0. The maximum Gasteiger partial charge on any atom is 1.00 e. The summed E-state index contributed by atoms with van der Waals surface area (Å²) >= 11 is 0. The molecule has 0 saturated carbocycles. The fourth-order valence-electron chi connectivity index (χ4n) is 0. The molecular weight excluding hydrogens is 65.8 g/mol. The van der Waals surface area contributed by atoms with Gasteiger partial charge in [-0.3, -0.25) is 7.32 Å². The van der Waals surface area contributed by atoms with Crippen LogP contribution in [-0.2, 0) is 0 Å². The van der Waals surface area contributed by atoms with Crippen LogP contribution in [0, 0.1) is 0 Å². The minimum atomic E-state index is -2.92. The van der Waals surface area contributed by atoms with Crippen molar-refractivity contribution in [1.82, 2.24) is 0 Å². The average molecular weight is 65.8 g/mol. The first-order valence-corrected chi connectivity index (χ1v) is 0.707. The van der Waals surface area contributed by atoms with Crippen molar-refractivity contribution < 1.29 is 33.9 Å². The molecule has 0 aliphatic carbocycles. The summed E-state index contributed by atoms with van der Waals surface area (Å²) in [5.41, 5.74) is 0. The molecule has 0 aromatic heterocycles. The van der Waals surface area contributed by atoms with Crippen LogP contribution < -0.4 is 33.9 Å². The summed E-state index contributed by atoms with van der Waals surface area (Å²) in [4.78, 5) is 0. The van der Waals surface area contributed by atoms with Crippen molar-refractivity contribution in [3.8, 4) is 0 Å². The second-order valence-corrected chi connectivity index (χ2v) is 0.289. The molecule has 0 aliphatic heterocycles. The molecule has 5 heteroatoms. The molecule has 3 nitrogen and oxygen atoms in total. The third-order valence-electron chi connectivity index (χ3n) is 0. The van der Waals surface area contributed by atoms with Crippen LogP contribution >= 0.6 is 0 Å². The summed E-state index contributed by atoms with van der Waals surface area (Å²) in [5, 5.41) is 25.2. The van der Waals surface area contributed by atoms with Crippen molar-refractivity contribution in [2.45, 2.75) is 0 Å². The maximum atomic E-state index is 8.42. The van der Waals surface area contributed by atoms with Gasteiger partial charge in [-0.15, -0.1) is 0 Å². The van der Waals surface area contributed by atoms with Gasteiger partial charge in [0.15, 0.2) is 0 Å². The molecule has 0 aliphatic rings. The van der Waals surface area contributed by atoms with E-state index in [0.717, 1.165) is 0 Å². The van der Waals surface area contributed by atoms with Crippen molar-refractivity contribution in [3.63, 3.8) is 0 Å². The molecule has 0 bridgehead atoms. The van der Waals surface area contributed by atoms with Gasteiger partial charge in [-0.05, 0) is 0 Å². The molecule has 0 rings (SSSR count). The molecule has 0 N–H and O–H groups in total. The molecule has 0 aromatic rings. The SMILES string of the molecule is [Li+].[O-]B([O-])[O-]. The second-order valence-electron chi connectivity index (χ2n) is 0.289. The van der Waals surface area contributed by atoms with Gasteiger partial charge in [-0.25, -0.2) is 0 Å². The Hall–Kier alpha value is 0.542. The zero-order valence-electron chi connectivity index (χ0n) is 2.80. The summed E-state index contributed by atoms with van der Waals surface area (Å²) in [7, 11) is -2.92. The first-order chi connectivity index (χ1) is 1.73. The maximum absolute atomic E-state index is 8.42. The van der Waals surface area contributed by atoms with Crippen molar-refractivity contribution in [2.75, 3.05) is 0 Å². The second kappa shape index (κ2) is 4.54. The Morgan fingerprint density at radius 2 is 1.00 bits per heavy atom. The van der Waals surface area contributed by atoms with Crippen molar-refractivity contribution in [3.05, 3.63) is 0 Å². The third kappa shape index (κ3) is 99.8. The molecule has 0 atom stereocenters. The van der Waals surface area contributed by atoms with Crippen LogP contribution in [0.25, 0.3) is 0 Å². The van der Waals surface area contributed by atoms with Gasteiger partial charge >= 0.3 is 18.9 Å². The van der Waals surface area contributed by atoms with E-state index < -0.39 is 7.32 Å². The van der Waals surface area contributed by atoms with Crippen molar-refractivity contribution >= 4 is 7.32 Å². The van der Waals surface area contributed by atoms with Gasteiger partial charge in [0.2, 0.25) is 0 Å². The predicted molar refractivity (Wildman–Crippen MR) is 5.75 cm³/mol. The number of hydrogen-bond donors (Lipinski definition) is 0. The van der Waals surface area contributed by atoms with Crippen LogP contribution in [-0.4, -0.2) is 7.32 Å². The van der Waals surface area contributed by atoms with Crippen molar-refractivity contribution in [1.29, 1.82) is 0 Å². The zero-order valence-corrected chi connectivity index (χ0v) is 2.80. The largest absolute Gasteiger partial charge is 1.00 e. The molecule has 0 unspecified atom stereocenters. The van der Waals surface area contributed by atoms with Gasteiger partial charge in [0, 0.05) is 0 Å². The quantitative estimate of drug-likeness (QED) is 0.264. The van der Waals surface area contributed by atoms with E-state index in [9.17, 15) is 0 Å².